The normalized spacial score (nSPS) is 17.6. The summed E-state index contributed by atoms with van der Waals surface area (Å²) in [5.74, 6) is 0.280. The molecule has 0 saturated carbocycles. The van der Waals surface area contributed by atoms with E-state index in [1.165, 1.54) is 0 Å². The van der Waals surface area contributed by atoms with E-state index in [0.29, 0.717) is 0 Å². The monoisotopic (exact) mass is 144 g/mol. The maximum Gasteiger partial charge on any atom is 0.0747 e. The number of aliphatic hydroxyl groups excluding tert-OH is 2. The maximum atomic E-state index is 9.25. The lowest BCUT2D eigenvalue weighted by Gasteiger charge is -2.11. The van der Waals surface area contributed by atoms with Crippen LogP contribution in [-0.2, 0) is 0 Å². The van der Waals surface area contributed by atoms with Crippen molar-refractivity contribution in [1.29, 1.82) is 0 Å². The van der Waals surface area contributed by atoms with E-state index in [4.69, 9.17) is 5.11 Å². The van der Waals surface area contributed by atoms with Crippen LogP contribution in [0.5, 0.6) is 0 Å². The van der Waals surface area contributed by atoms with Crippen LogP contribution in [0.2, 0.25) is 0 Å². The van der Waals surface area contributed by atoms with Gasteiger partial charge in [0.15, 0.2) is 0 Å². The Kier molecular flexibility index (Phi) is 5.26. The molecule has 0 radical (unpaired) electrons. The van der Waals surface area contributed by atoms with Crippen molar-refractivity contribution >= 4 is 0 Å². The largest absolute Gasteiger partial charge is 0.392 e. The van der Waals surface area contributed by atoms with E-state index in [2.05, 4.69) is 0 Å². The van der Waals surface area contributed by atoms with Crippen LogP contribution in [0, 0.1) is 5.92 Å². The van der Waals surface area contributed by atoms with E-state index in [1.54, 1.807) is 12.2 Å². The van der Waals surface area contributed by atoms with Crippen molar-refractivity contribution in [2.75, 3.05) is 6.61 Å². The summed E-state index contributed by atoms with van der Waals surface area (Å²) in [6.45, 7) is 4.01. The molecule has 2 heteroatoms. The molecule has 0 unspecified atom stereocenters. The molecule has 0 aliphatic carbocycles. The van der Waals surface area contributed by atoms with Gasteiger partial charge in [-0.3, -0.25) is 0 Å². The first-order chi connectivity index (χ1) is 4.72. The van der Waals surface area contributed by atoms with Crippen LogP contribution >= 0.6 is 0 Å². The van der Waals surface area contributed by atoms with Gasteiger partial charge >= 0.3 is 0 Å². The van der Waals surface area contributed by atoms with Crippen LogP contribution in [0.4, 0.5) is 0 Å². The highest BCUT2D eigenvalue weighted by Gasteiger charge is 2.06. The molecule has 0 aliphatic heterocycles. The summed E-state index contributed by atoms with van der Waals surface area (Å²) in [5.41, 5.74) is 0. The molecule has 0 rings (SSSR count). The fourth-order valence-corrected chi connectivity index (χ4v) is 0.631. The van der Waals surface area contributed by atoms with Gasteiger partial charge in [-0.15, -0.1) is 0 Å². The Labute approximate surface area is 62.2 Å². The third-order valence-electron chi connectivity index (χ3n) is 1.67. The molecule has 60 valence electrons. The number of hydrogen-bond acceptors (Lipinski definition) is 2. The molecule has 2 nitrogen and oxygen atoms in total. The fourth-order valence-electron chi connectivity index (χ4n) is 0.631. The highest BCUT2D eigenvalue weighted by Crippen LogP contribution is 2.07. The lowest BCUT2D eigenvalue weighted by Crippen LogP contribution is -2.13. The molecule has 0 aromatic rings. The Morgan fingerprint density at radius 3 is 2.50 bits per heavy atom. The minimum Gasteiger partial charge on any atom is -0.392 e. The Bertz CT molecular complexity index is 99.4. The second-order valence-electron chi connectivity index (χ2n) is 2.49. The van der Waals surface area contributed by atoms with E-state index in [9.17, 15) is 5.11 Å². The van der Waals surface area contributed by atoms with Gasteiger partial charge in [0.1, 0.15) is 0 Å². The second kappa shape index (κ2) is 5.45. The van der Waals surface area contributed by atoms with Gasteiger partial charge in [-0.25, -0.2) is 0 Å². The van der Waals surface area contributed by atoms with Crippen LogP contribution in [0.1, 0.15) is 20.3 Å². The minimum atomic E-state index is -0.405. The van der Waals surface area contributed by atoms with Crippen molar-refractivity contribution in [3.05, 3.63) is 12.2 Å². The summed E-state index contributed by atoms with van der Waals surface area (Å²) in [6, 6.07) is 0. The lowest BCUT2D eigenvalue weighted by atomic mass is 10.0. The molecule has 0 bridgehead atoms. The zero-order chi connectivity index (χ0) is 7.98. The van der Waals surface area contributed by atoms with Gasteiger partial charge in [-0.2, -0.15) is 0 Å². The molecule has 0 fully saturated rings. The third kappa shape index (κ3) is 3.64. The zero-order valence-corrected chi connectivity index (χ0v) is 6.62. The summed E-state index contributed by atoms with van der Waals surface area (Å²) in [7, 11) is 0. The molecule has 0 aromatic heterocycles. The Hall–Kier alpha value is -0.340. The van der Waals surface area contributed by atoms with Gasteiger partial charge in [0, 0.05) is 0 Å². The number of rotatable bonds is 4. The average molecular weight is 144 g/mol. The van der Waals surface area contributed by atoms with Gasteiger partial charge in [-0.05, 0) is 5.92 Å². The van der Waals surface area contributed by atoms with Gasteiger partial charge in [0.05, 0.1) is 12.7 Å². The third-order valence-corrected chi connectivity index (χ3v) is 1.67. The highest BCUT2D eigenvalue weighted by atomic mass is 16.3. The van der Waals surface area contributed by atoms with Gasteiger partial charge in [-0.1, -0.05) is 32.4 Å². The smallest absolute Gasteiger partial charge is 0.0747 e. The molecule has 0 heterocycles. The average Bonchev–Trinajstić information content (AvgIpc) is 1.98. The molecular formula is C8H16O2. The van der Waals surface area contributed by atoms with Crippen molar-refractivity contribution < 1.29 is 10.2 Å². The van der Waals surface area contributed by atoms with Crippen molar-refractivity contribution in [1.82, 2.24) is 0 Å². The van der Waals surface area contributed by atoms with Crippen molar-refractivity contribution in [2.45, 2.75) is 26.4 Å². The second-order valence-corrected chi connectivity index (χ2v) is 2.49. The van der Waals surface area contributed by atoms with E-state index in [-0.39, 0.29) is 12.5 Å². The highest BCUT2D eigenvalue weighted by molar-refractivity contribution is 4.90. The molecule has 0 amide bonds. The molecule has 2 atom stereocenters. The summed E-state index contributed by atoms with van der Waals surface area (Å²) in [4.78, 5) is 0. The van der Waals surface area contributed by atoms with Gasteiger partial charge in [0.25, 0.3) is 0 Å². The molecule has 0 spiro atoms. The molecule has 0 aromatic carbocycles. The number of hydrogen-bond donors (Lipinski definition) is 2. The van der Waals surface area contributed by atoms with Crippen molar-refractivity contribution in [3.63, 3.8) is 0 Å². The summed E-state index contributed by atoms with van der Waals surface area (Å²) in [6.07, 6.45) is 3.75. The minimum absolute atomic E-state index is 0.00743. The van der Waals surface area contributed by atoms with Gasteiger partial charge in [0.2, 0.25) is 0 Å². The fraction of sp³-hybridized carbons (Fsp3) is 0.750. The molecule has 0 saturated heterocycles. The van der Waals surface area contributed by atoms with Gasteiger partial charge < -0.3 is 10.2 Å². The quantitative estimate of drug-likeness (QED) is 0.576. The van der Waals surface area contributed by atoms with Crippen molar-refractivity contribution in [2.24, 2.45) is 5.92 Å². The standard InChI is InChI=1S/C8H16O2/c1-3-7(2)8(10)5-4-6-9/h4-5,7-10H,3,6H2,1-2H3/b5-4+/t7-,8-/m0/s1. The molecule has 2 N–H and O–H groups in total. The summed E-state index contributed by atoms with van der Waals surface area (Å²) >= 11 is 0. The predicted octanol–water partition coefficient (Wildman–Crippen LogP) is 0.942. The molecule has 0 aliphatic rings. The first-order valence-corrected chi connectivity index (χ1v) is 3.68. The predicted molar refractivity (Wildman–Crippen MR) is 41.7 cm³/mol. The topological polar surface area (TPSA) is 40.5 Å². The summed E-state index contributed by atoms with van der Waals surface area (Å²) in [5, 5.41) is 17.6. The van der Waals surface area contributed by atoms with Crippen LogP contribution in [0.25, 0.3) is 0 Å². The summed E-state index contributed by atoms with van der Waals surface area (Å²) < 4.78 is 0. The molecular weight excluding hydrogens is 128 g/mol. The Morgan fingerprint density at radius 1 is 1.50 bits per heavy atom. The van der Waals surface area contributed by atoms with Crippen LogP contribution in [0.3, 0.4) is 0 Å². The van der Waals surface area contributed by atoms with E-state index in [0.717, 1.165) is 6.42 Å². The van der Waals surface area contributed by atoms with Crippen LogP contribution in [-0.4, -0.2) is 22.9 Å². The maximum absolute atomic E-state index is 9.25. The first kappa shape index (κ1) is 9.66. The van der Waals surface area contributed by atoms with Crippen LogP contribution in [0.15, 0.2) is 12.2 Å². The first-order valence-electron chi connectivity index (χ1n) is 3.68. The Balaban J connectivity index is 3.60. The lowest BCUT2D eigenvalue weighted by molar-refractivity contribution is 0.159. The molecule has 10 heavy (non-hydrogen) atoms. The zero-order valence-electron chi connectivity index (χ0n) is 6.62. The SMILES string of the molecule is CC[C@H](C)[C@@H](O)/C=C/CO. The van der Waals surface area contributed by atoms with Crippen LogP contribution < -0.4 is 0 Å². The van der Waals surface area contributed by atoms with Crippen molar-refractivity contribution in [3.8, 4) is 0 Å². The number of aliphatic hydroxyl groups is 2. The Morgan fingerprint density at radius 2 is 2.10 bits per heavy atom. The van der Waals surface area contributed by atoms with E-state index < -0.39 is 6.10 Å². The van der Waals surface area contributed by atoms with E-state index in [1.807, 2.05) is 13.8 Å². The van der Waals surface area contributed by atoms with E-state index >= 15 is 0 Å².